The van der Waals surface area contributed by atoms with E-state index < -0.39 is 11.9 Å². The van der Waals surface area contributed by atoms with Crippen molar-refractivity contribution in [3.05, 3.63) is 103 Å². The molecule has 1 N–H and O–H groups in total. The smallest absolute Gasteiger partial charge is 0.325 e. The Kier molecular flexibility index (Phi) is 6.57. The number of hydrogen-bond acceptors (Lipinski definition) is 6. The Morgan fingerprint density at radius 3 is 2.22 bits per heavy atom. The third-order valence-corrected chi connectivity index (χ3v) is 4.46. The van der Waals surface area contributed by atoms with Crippen molar-refractivity contribution in [1.82, 2.24) is 10.3 Å². The molecule has 1 amide bonds. The van der Waals surface area contributed by atoms with Crippen molar-refractivity contribution in [3.8, 4) is 22.8 Å². The predicted octanol–water partition coefficient (Wildman–Crippen LogP) is 4.61. The molecule has 4 rings (SSSR count). The molecule has 0 aliphatic carbocycles. The van der Waals surface area contributed by atoms with Gasteiger partial charge in [0.1, 0.15) is 18.0 Å². The number of hydrogen-bond donors (Lipinski definition) is 1. The van der Waals surface area contributed by atoms with Crippen LogP contribution in [0.3, 0.4) is 0 Å². The number of ether oxygens (including phenoxy) is 2. The number of benzene rings is 3. The van der Waals surface area contributed by atoms with Gasteiger partial charge in [-0.1, -0.05) is 48.5 Å². The van der Waals surface area contributed by atoms with Gasteiger partial charge in [0.05, 0.1) is 6.20 Å². The quantitative estimate of drug-likeness (QED) is 0.412. The molecule has 160 valence electrons. The van der Waals surface area contributed by atoms with Crippen molar-refractivity contribution in [1.29, 1.82) is 0 Å². The summed E-state index contributed by atoms with van der Waals surface area (Å²) in [5.41, 5.74) is 1.28. The summed E-state index contributed by atoms with van der Waals surface area (Å²) in [6.45, 7) is -0.388. The molecule has 0 saturated heterocycles. The number of carbonyl (C=O) groups excluding carboxylic acids is 2. The highest BCUT2D eigenvalue weighted by molar-refractivity contribution is 5.96. The zero-order valence-corrected chi connectivity index (χ0v) is 17.1. The second-order valence-corrected chi connectivity index (χ2v) is 6.77. The summed E-state index contributed by atoms with van der Waals surface area (Å²) in [5.74, 6) is 1.18. The largest absolute Gasteiger partial charge is 0.457 e. The monoisotopic (exact) mass is 428 g/mol. The molecule has 0 spiro atoms. The van der Waals surface area contributed by atoms with E-state index in [9.17, 15) is 9.59 Å². The number of rotatable bonds is 8. The van der Waals surface area contributed by atoms with Gasteiger partial charge < -0.3 is 19.2 Å². The fourth-order valence-corrected chi connectivity index (χ4v) is 2.86. The van der Waals surface area contributed by atoms with Gasteiger partial charge in [-0.3, -0.25) is 9.59 Å². The fraction of sp³-hybridized carbons (Fsp3) is 0.0800. The van der Waals surface area contributed by atoms with Gasteiger partial charge in [0.15, 0.2) is 12.4 Å². The van der Waals surface area contributed by atoms with E-state index in [1.165, 1.54) is 0 Å². The van der Waals surface area contributed by atoms with Crippen LogP contribution in [0.15, 0.2) is 95.5 Å². The van der Waals surface area contributed by atoms with Crippen LogP contribution in [0.1, 0.15) is 16.2 Å². The zero-order valence-electron chi connectivity index (χ0n) is 17.1. The van der Waals surface area contributed by atoms with Gasteiger partial charge in [-0.15, -0.1) is 0 Å². The zero-order chi connectivity index (χ0) is 22.2. The molecule has 4 aromatic rings. The lowest BCUT2D eigenvalue weighted by molar-refractivity contribution is -0.144. The Hall–Kier alpha value is -4.39. The molecule has 1 heterocycles. The normalized spacial score (nSPS) is 10.4. The Morgan fingerprint density at radius 1 is 0.844 bits per heavy atom. The lowest BCUT2D eigenvalue weighted by Crippen LogP contribution is -2.30. The highest BCUT2D eigenvalue weighted by Crippen LogP contribution is 2.21. The Labute approximate surface area is 184 Å². The van der Waals surface area contributed by atoms with Crippen molar-refractivity contribution in [3.63, 3.8) is 0 Å². The van der Waals surface area contributed by atoms with Crippen molar-refractivity contribution in [2.75, 3.05) is 6.54 Å². The van der Waals surface area contributed by atoms with Crippen molar-refractivity contribution in [2.24, 2.45) is 0 Å². The first kappa shape index (κ1) is 20.9. The summed E-state index contributed by atoms with van der Waals surface area (Å²) < 4.78 is 16.4. The lowest BCUT2D eigenvalue weighted by Gasteiger charge is -2.07. The van der Waals surface area contributed by atoms with Gasteiger partial charge in [0.25, 0.3) is 5.91 Å². The van der Waals surface area contributed by atoms with Crippen LogP contribution in [-0.2, 0) is 16.1 Å². The number of aromatic nitrogens is 1. The maximum Gasteiger partial charge on any atom is 0.325 e. The van der Waals surface area contributed by atoms with Gasteiger partial charge >= 0.3 is 5.97 Å². The van der Waals surface area contributed by atoms with Crippen LogP contribution in [0, 0.1) is 0 Å². The van der Waals surface area contributed by atoms with E-state index in [4.69, 9.17) is 13.9 Å². The average molecular weight is 428 g/mol. The van der Waals surface area contributed by atoms with Crippen LogP contribution in [0.2, 0.25) is 0 Å². The number of nitrogens with one attached hydrogen (secondary N) is 1. The van der Waals surface area contributed by atoms with E-state index in [1.807, 2.05) is 60.7 Å². The van der Waals surface area contributed by atoms with E-state index >= 15 is 0 Å². The predicted molar refractivity (Wildman–Crippen MR) is 117 cm³/mol. The summed E-state index contributed by atoms with van der Waals surface area (Å²) in [4.78, 5) is 28.3. The number of esters is 1. The third kappa shape index (κ3) is 5.60. The van der Waals surface area contributed by atoms with Crippen LogP contribution in [0.4, 0.5) is 0 Å². The highest BCUT2D eigenvalue weighted by Gasteiger charge is 2.12. The minimum absolute atomic E-state index is 0.118. The Balaban J connectivity index is 1.22. The maximum absolute atomic E-state index is 12.3. The molecule has 0 unspecified atom stereocenters. The first-order valence-corrected chi connectivity index (χ1v) is 9.94. The standard InChI is InChI=1S/C25H20N2O5/c28-24(30-17-23-26-15-22(32-23)18-7-3-1-4-8-18)16-27-25(29)19-11-13-21(14-12-19)31-20-9-5-2-6-10-20/h1-15H,16-17H2,(H,27,29). The number of nitrogens with zero attached hydrogens (tertiary/aromatic N) is 1. The topological polar surface area (TPSA) is 90.7 Å². The van der Waals surface area contributed by atoms with E-state index in [0.29, 0.717) is 22.8 Å². The molecule has 0 bridgehead atoms. The summed E-state index contributed by atoms with van der Waals surface area (Å²) >= 11 is 0. The van der Waals surface area contributed by atoms with Gasteiger partial charge in [0, 0.05) is 11.1 Å². The van der Waals surface area contributed by atoms with Crippen LogP contribution < -0.4 is 10.1 Å². The Bertz CT molecular complexity index is 1170. The first-order valence-electron chi connectivity index (χ1n) is 9.94. The van der Waals surface area contributed by atoms with Gasteiger partial charge in [-0.05, 0) is 36.4 Å². The molecule has 0 aliphatic rings. The number of oxazole rings is 1. The van der Waals surface area contributed by atoms with E-state index in [1.54, 1.807) is 30.5 Å². The molecule has 1 aromatic heterocycles. The first-order chi connectivity index (χ1) is 15.7. The van der Waals surface area contributed by atoms with Crippen molar-refractivity contribution < 1.29 is 23.5 Å². The maximum atomic E-state index is 12.3. The molecule has 0 radical (unpaired) electrons. The Morgan fingerprint density at radius 2 is 1.50 bits per heavy atom. The summed E-state index contributed by atoms with van der Waals surface area (Å²) in [6.07, 6.45) is 1.57. The van der Waals surface area contributed by atoms with Crippen molar-refractivity contribution >= 4 is 11.9 Å². The SMILES string of the molecule is O=C(CNC(=O)c1ccc(Oc2ccccc2)cc1)OCc1ncc(-c2ccccc2)o1. The van der Waals surface area contributed by atoms with Gasteiger partial charge in [-0.2, -0.15) is 0 Å². The third-order valence-electron chi connectivity index (χ3n) is 4.46. The molecular weight excluding hydrogens is 408 g/mol. The second-order valence-electron chi connectivity index (χ2n) is 6.77. The van der Waals surface area contributed by atoms with E-state index in [-0.39, 0.29) is 19.0 Å². The highest BCUT2D eigenvalue weighted by atomic mass is 16.5. The van der Waals surface area contributed by atoms with Crippen LogP contribution in [0.25, 0.3) is 11.3 Å². The minimum atomic E-state index is -0.596. The molecule has 0 atom stereocenters. The van der Waals surface area contributed by atoms with Gasteiger partial charge in [0.2, 0.25) is 5.89 Å². The molecule has 7 nitrogen and oxygen atoms in total. The summed E-state index contributed by atoms with van der Waals surface area (Å²) in [5, 5.41) is 2.53. The van der Waals surface area contributed by atoms with Crippen LogP contribution in [-0.4, -0.2) is 23.4 Å². The molecular formula is C25H20N2O5. The summed E-state index contributed by atoms with van der Waals surface area (Å²) in [6, 6.07) is 25.4. The number of para-hydroxylation sites is 1. The van der Waals surface area contributed by atoms with Gasteiger partial charge in [-0.25, -0.2) is 4.98 Å². The molecule has 0 fully saturated rings. The van der Waals surface area contributed by atoms with Crippen LogP contribution in [0.5, 0.6) is 11.5 Å². The fourth-order valence-electron chi connectivity index (χ4n) is 2.86. The number of amides is 1. The molecule has 7 heteroatoms. The average Bonchev–Trinajstić information content (AvgIpc) is 3.32. The second kappa shape index (κ2) is 10.1. The van der Waals surface area contributed by atoms with Crippen LogP contribution >= 0.6 is 0 Å². The van der Waals surface area contributed by atoms with E-state index in [0.717, 1.165) is 5.56 Å². The number of carbonyl (C=O) groups is 2. The molecule has 32 heavy (non-hydrogen) atoms. The molecule has 3 aromatic carbocycles. The minimum Gasteiger partial charge on any atom is -0.457 e. The summed E-state index contributed by atoms with van der Waals surface area (Å²) in [7, 11) is 0. The molecule has 0 saturated carbocycles. The molecule has 0 aliphatic heterocycles. The van der Waals surface area contributed by atoms with Crippen molar-refractivity contribution in [2.45, 2.75) is 6.61 Å². The van der Waals surface area contributed by atoms with E-state index in [2.05, 4.69) is 10.3 Å². The lowest BCUT2D eigenvalue weighted by atomic mass is 10.2.